The van der Waals surface area contributed by atoms with Crippen LogP contribution >= 0.6 is 0 Å². The monoisotopic (exact) mass is 325 g/mol. The second-order valence-electron chi connectivity index (χ2n) is 5.10. The topological polar surface area (TPSA) is 82.0 Å². The summed E-state index contributed by atoms with van der Waals surface area (Å²) in [5, 5.41) is 13.7. The van der Waals surface area contributed by atoms with E-state index in [9.17, 15) is 14.0 Å². The van der Waals surface area contributed by atoms with Gasteiger partial charge in [-0.15, -0.1) is 0 Å². The quantitative estimate of drug-likeness (QED) is 0.855. The van der Waals surface area contributed by atoms with E-state index in [0.717, 1.165) is 0 Å². The molecule has 122 valence electrons. The lowest BCUT2D eigenvalue weighted by atomic mass is 10.1. The Morgan fingerprint density at radius 1 is 1.00 bits per heavy atom. The molecule has 2 aromatic carbocycles. The van der Waals surface area contributed by atoms with Crippen LogP contribution in [0.4, 0.5) is 15.8 Å². The maximum absolute atomic E-state index is 13.5. The Morgan fingerprint density at radius 3 is 2.33 bits per heavy atom. The molecule has 0 aliphatic carbocycles. The van der Waals surface area contributed by atoms with E-state index in [1.807, 2.05) is 0 Å². The van der Waals surface area contributed by atoms with Crippen molar-refractivity contribution in [3.05, 3.63) is 59.9 Å². The van der Waals surface area contributed by atoms with Crippen molar-refractivity contribution in [3.8, 4) is 6.07 Å². The SMILES string of the molecule is N#CCC(=O)Nc1cccc(NC(=O)CCc2ccccc2F)c1. The molecule has 0 aliphatic heterocycles. The van der Waals surface area contributed by atoms with Crippen LogP contribution in [0, 0.1) is 17.1 Å². The minimum absolute atomic E-state index is 0.145. The number of aryl methyl sites for hydroxylation is 1. The fourth-order valence-corrected chi connectivity index (χ4v) is 2.12. The Kier molecular flexibility index (Phi) is 6.03. The van der Waals surface area contributed by atoms with Crippen molar-refractivity contribution in [2.24, 2.45) is 0 Å². The Morgan fingerprint density at radius 2 is 1.67 bits per heavy atom. The van der Waals surface area contributed by atoms with Gasteiger partial charge in [-0.2, -0.15) is 5.26 Å². The minimum Gasteiger partial charge on any atom is -0.326 e. The first-order valence-corrected chi connectivity index (χ1v) is 7.38. The van der Waals surface area contributed by atoms with Gasteiger partial charge in [0, 0.05) is 17.8 Å². The van der Waals surface area contributed by atoms with Gasteiger partial charge < -0.3 is 10.6 Å². The van der Waals surface area contributed by atoms with E-state index < -0.39 is 5.91 Å². The molecule has 0 atom stereocenters. The maximum Gasteiger partial charge on any atom is 0.238 e. The fourth-order valence-electron chi connectivity index (χ4n) is 2.12. The molecule has 0 aromatic heterocycles. The lowest BCUT2D eigenvalue weighted by molar-refractivity contribution is -0.116. The van der Waals surface area contributed by atoms with Crippen molar-refractivity contribution < 1.29 is 14.0 Å². The number of carbonyl (C=O) groups is 2. The average Bonchev–Trinajstić information content (AvgIpc) is 2.54. The first-order valence-electron chi connectivity index (χ1n) is 7.38. The number of halogens is 1. The molecule has 24 heavy (non-hydrogen) atoms. The lowest BCUT2D eigenvalue weighted by Gasteiger charge is -2.08. The number of amides is 2. The largest absolute Gasteiger partial charge is 0.326 e. The van der Waals surface area contributed by atoms with Gasteiger partial charge in [-0.1, -0.05) is 24.3 Å². The standard InChI is InChI=1S/C18H16FN3O2/c19-16-7-2-1-4-13(16)8-9-17(23)21-14-5-3-6-15(12-14)22-18(24)10-11-20/h1-7,12H,8-10H2,(H,21,23)(H,22,24). The second kappa shape index (κ2) is 8.44. The van der Waals surface area contributed by atoms with Crippen LogP contribution in [0.1, 0.15) is 18.4 Å². The summed E-state index contributed by atoms with van der Waals surface area (Å²) in [4.78, 5) is 23.3. The number of nitrogens with one attached hydrogen (secondary N) is 2. The summed E-state index contributed by atoms with van der Waals surface area (Å²) in [5.41, 5.74) is 1.50. The van der Waals surface area contributed by atoms with Gasteiger partial charge in [-0.3, -0.25) is 9.59 Å². The predicted octanol–water partition coefficient (Wildman–Crippen LogP) is 3.25. The van der Waals surface area contributed by atoms with Crippen LogP contribution < -0.4 is 10.6 Å². The van der Waals surface area contributed by atoms with Crippen LogP contribution in [0.25, 0.3) is 0 Å². The van der Waals surface area contributed by atoms with Crippen molar-refractivity contribution in [2.75, 3.05) is 10.6 Å². The summed E-state index contributed by atoms with van der Waals surface area (Å²) in [7, 11) is 0. The molecule has 0 unspecified atom stereocenters. The molecule has 0 aliphatic rings. The minimum atomic E-state index is -0.416. The molecule has 0 spiro atoms. The third-order valence-electron chi connectivity index (χ3n) is 3.25. The molecule has 0 fully saturated rings. The zero-order valence-electron chi connectivity index (χ0n) is 12.9. The van der Waals surface area contributed by atoms with Gasteiger partial charge in [-0.05, 0) is 36.2 Å². The number of benzene rings is 2. The Labute approximate surface area is 139 Å². The van der Waals surface area contributed by atoms with Gasteiger partial charge in [0.2, 0.25) is 11.8 Å². The van der Waals surface area contributed by atoms with Crippen molar-refractivity contribution in [2.45, 2.75) is 19.3 Å². The summed E-state index contributed by atoms with van der Waals surface area (Å²) in [5.74, 6) is -0.994. The second-order valence-corrected chi connectivity index (χ2v) is 5.10. The van der Waals surface area contributed by atoms with Crippen molar-refractivity contribution >= 4 is 23.2 Å². The Balaban J connectivity index is 1.91. The molecule has 2 aromatic rings. The van der Waals surface area contributed by atoms with Crippen LogP contribution in [-0.2, 0) is 16.0 Å². The summed E-state index contributed by atoms with van der Waals surface area (Å²) in [6.45, 7) is 0. The van der Waals surface area contributed by atoms with Crippen molar-refractivity contribution in [1.29, 1.82) is 5.26 Å². The highest BCUT2D eigenvalue weighted by Crippen LogP contribution is 2.16. The predicted molar refractivity (Wildman–Crippen MR) is 88.7 cm³/mol. The molecule has 0 saturated carbocycles. The number of rotatable bonds is 6. The van der Waals surface area contributed by atoms with Gasteiger partial charge in [-0.25, -0.2) is 4.39 Å². The van der Waals surface area contributed by atoms with E-state index in [2.05, 4.69) is 10.6 Å². The maximum atomic E-state index is 13.5. The highest BCUT2D eigenvalue weighted by molar-refractivity contribution is 5.94. The van der Waals surface area contributed by atoms with E-state index >= 15 is 0 Å². The zero-order valence-corrected chi connectivity index (χ0v) is 12.9. The van der Waals surface area contributed by atoms with Crippen molar-refractivity contribution in [1.82, 2.24) is 0 Å². The Bertz CT molecular complexity index is 784. The first-order chi connectivity index (χ1) is 11.6. The van der Waals surface area contributed by atoms with E-state index in [4.69, 9.17) is 5.26 Å². The highest BCUT2D eigenvalue weighted by atomic mass is 19.1. The van der Waals surface area contributed by atoms with Crippen molar-refractivity contribution in [3.63, 3.8) is 0 Å². The van der Waals surface area contributed by atoms with E-state index in [1.165, 1.54) is 6.07 Å². The molecule has 0 radical (unpaired) electrons. The third-order valence-corrected chi connectivity index (χ3v) is 3.25. The number of nitrogens with zero attached hydrogens (tertiary/aromatic N) is 1. The van der Waals surface area contributed by atoms with E-state index in [1.54, 1.807) is 48.5 Å². The van der Waals surface area contributed by atoms with Crippen LogP contribution in [0.15, 0.2) is 48.5 Å². The number of nitriles is 1. The normalized spacial score (nSPS) is 9.83. The molecule has 2 N–H and O–H groups in total. The van der Waals surface area contributed by atoms with Crippen LogP contribution in [0.2, 0.25) is 0 Å². The molecular formula is C18H16FN3O2. The van der Waals surface area contributed by atoms with Gasteiger partial charge in [0.15, 0.2) is 0 Å². The molecule has 2 amide bonds. The molecule has 5 nitrogen and oxygen atoms in total. The molecule has 0 heterocycles. The number of carbonyl (C=O) groups excluding carboxylic acids is 2. The molecule has 0 bridgehead atoms. The highest BCUT2D eigenvalue weighted by Gasteiger charge is 2.07. The number of anilines is 2. The molecular weight excluding hydrogens is 309 g/mol. The summed E-state index contributed by atoms with van der Waals surface area (Å²) in [6.07, 6.45) is 0.211. The smallest absolute Gasteiger partial charge is 0.238 e. The van der Waals surface area contributed by atoms with Gasteiger partial charge >= 0.3 is 0 Å². The van der Waals surface area contributed by atoms with Crippen LogP contribution in [0.3, 0.4) is 0 Å². The molecule has 0 saturated heterocycles. The fraction of sp³-hybridized carbons (Fsp3) is 0.167. The average molecular weight is 325 g/mol. The van der Waals surface area contributed by atoms with Crippen LogP contribution in [-0.4, -0.2) is 11.8 Å². The summed E-state index contributed by atoms with van der Waals surface area (Å²) < 4.78 is 13.5. The number of hydrogen-bond acceptors (Lipinski definition) is 3. The zero-order chi connectivity index (χ0) is 17.4. The van der Waals surface area contributed by atoms with E-state index in [0.29, 0.717) is 23.4 Å². The summed E-state index contributed by atoms with van der Waals surface area (Å²) >= 11 is 0. The molecule has 6 heteroatoms. The lowest BCUT2D eigenvalue weighted by Crippen LogP contribution is -2.14. The van der Waals surface area contributed by atoms with Gasteiger partial charge in [0.1, 0.15) is 12.2 Å². The molecule has 2 rings (SSSR count). The summed E-state index contributed by atoms with van der Waals surface area (Å²) in [6, 6.07) is 14.7. The van der Waals surface area contributed by atoms with E-state index in [-0.39, 0.29) is 24.6 Å². The van der Waals surface area contributed by atoms with Gasteiger partial charge in [0.25, 0.3) is 0 Å². The first kappa shape index (κ1) is 17.2. The van der Waals surface area contributed by atoms with Crippen LogP contribution in [0.5, 0.6) is 0 Å². The van der Waals surface area contributed by atoms with Gasteiger partial charge in [0.05, 0.1) is 6.07 Å². The Hall–Kier alpha value is -3.20. The third kappa shape index (κ3) is 5.21. The number of hydrogen-bond donors (Lipinski definition) is 2.